The number of ether oxygens (including phenoxy) is 1. The Morgan fingerprint density at radius 3 is 2.39 bits per heavy atom. The molecule has 1 atom stereocenters. The minimum absolute atomic E-state index is 0.288. The van der Waals surface area contributed by atoms with E-state index in [1.54, 1.807) is 26.0 Å². The molecule has 0 aliphatic carbocycles. The predicted molar refractivity (Wildman–Crippen MR) is 74.4 cm³/mol. The van der Waals surface area contributed by atoms with E-state index in [4.69, 9.17) is 39.5 Å². The Morgan fingerprint density at radius 2 is 1.89 bits per heavy atom. The molecule has 3 nitrogen and oxygen atoms in total. The lowest BCUT2D eigenvalue weighted by Gasteiger charge is -2.13. The van der Waals surface area contributed by atoms with E-state index in [1.807, 2.05) is 0 Å². The summed E-state index contributed by atoms with van der Waals surface area (Å²) in [5.74, 6) is -0.288. The summed E-state index contributed by atoms with van der Waals surface area (Å²) in [7, 11) is 0. The standard InChI is InChI=1S/C12H14Cl3NO2/c1-3-18-12(17)7(2)16-6-8-4-9(13)11(15)10(14)5-8/h4-5,7,16H,3,6H2,1-2H3. The largest absolute Gasteiger partial charge is 0.465 e. The number of benzene rings is 1. The zero-order chi connectivity index (χ0) is 13.7. The van der Waals surface area contributed by atoms with Crippen molar-refractivity contribution < 1.29 is 9.53 Å². The molecule has 6 heteroatoms. The van der Waals surface area contributed by atoms with Gasteiger partial charge in [0.05, 0.1) is 21.7 Å². The maximum absolute atomic E-state index is 11.4. The van der Waals surface area contributed by atoms with Gasteiger partial charge in [0.25, 0.3) is 0 Å². The van der Waals surface area contributed by atoms with Crippen LogP contribution in [-0.2, 0) is 16.1 Å². The molecular formula is C12H14Cl3NO2. The Kier molecular flexibility index (Phi) is 6.22. The third-order valence-electron chi connectivity index (χ3n) is 2.30. The van der Waals surface area contributed by atoms with E-state index in [9.17, 15) is 4.79 Å². The van der Waals surface area contributed by atoms with Crippen molar-refractivity contribution in [2.75, 3.05) is 6.61 Å². The third kappa shape index (κ3) is 4.32. The van der Waals surface area contributed by atoms with Gasteiger partial charge >= 0.3 is 5.97 Å². The van der Waals surface area contributed by atoms with Crippen molar-refractivity contribution in [3.63, 3.8) is 0 Å². The lowest BCUT2D eigenvalue weighted by atomic mass is 10.2. The Balaban J connectivity index is 2.61. The SMILES string of the molecule is CCOC(=O)C(C)NCc1cc(Cl)c(Cl)c(Cl)c1. The highest BCUT2D eigenvalue weighted by molar-refractivity contribution is 6.48. The molecule has 0 bridgehead atoms. The summed E-state index contributed by atoms with van der Waals surface area (Å²) in [5, 5.41) is 4.14. The summed E-state index contributed by atoms with van der Waals surface area (Å²) < 4.78 is 4.88. The summed E-state index contributed by atoms with van der Waals surface area (Å²) >= 11 is 17.7. The molecule has 18 heavy (non-hydrogen) atoms. The Morgan fingerprint density at radius 1 is 1.33 bits per heavy atom. The van der Waals surface area contributed by atoms with Crippen molar-refractivity contribution in [3.8, 4) is 0 Å². The van der Waals surface area contributed by atoms with Crippen LogP contribution in [0.25, 0.3) is 0 Å². The van der Waals surface area contributed by atoms with E-state index in [0.29, 0.717) is 28.2 Å². The minimum Gasteiger partial charge on any atom is -0.465 e. The highest BCUT2D eigenvalue weighted by Crippen LogP contribution is 2.31. The average molecular weight is 311 g/mol. The molecule has 0 saturated carbocycles. The van der Waals surface area contributed by atoms with E-state index < -0.39 is 6.04 Å². The molecule has 0 radical (unpaired) electrons. The fraction of sp³-hybridized carbons (Fsp3) is 0.417. The molecule has 0 aromatic heterocycles. The van der Waals surface area contributed by atoms with E-state index in [-0.39, 0.29) is 5.97 Å². The smallest absolute Gasteiger partial charge is 0.322 e. The lowest BCUT2D eigenvalue weighted by molar-refractivity contribution is -0.145. The second-order valence-electron chi connectivity index (χ2n) is 3.73. The van der Waals surface area contributed by atoms with Gasteiger partial charge < -0.3 is 10.1 Å². The summed E-state index contributed by atoms with van der Waals surface area (Å²) in [5.41, 5.74) is 0.852. The van der Waals surface area contributed by atoms with Crippen molar-refractivity contribution in [2.24, 2.45) is 0 Å². The lowest BCUT2D eigenvalue weighted by Crippen LogP contribution is -2.34. The second-order valence-corrected chi connectivity index (χ2v) is 4.92. The number of halogens is 3. The molecule has 100 valence electrons. The number of hydrogen-bond acceptors (Lipinski definition) is 3. The third-order valence-corrected chi connectivity index (χ3v) is 3.49. The number of carbonyl (C=O) groups excluding carboxylic acids is 1. The van der Waals surface area contributed by atoms with Crippen LogP contribution in [0.4, 0.5) is 0 Å². The number of hydrogen-bond donors (Lipinski definition) is 1. The topological polar surface area (TPSA) is 38.3 Å². The van der Waals surface area contributed by atoms with Crippen molar-refractivity contribution in [2.45, 2.75) is 26.4 Å². The summed E-state index contributed by atoms with van der Waals surface area (Å²) in [6.45, 7) is 4.32. The quantitative estimate of drug-likeness (QED) is 0.666. The van der Waals surface area contributed by atoms with Crippen molar-refractivity contribution in [1.82, 2.24) is 5.32 Å². The van der Waals surface area contributed by atoms with Crippen LogP contribution in [0.3, 0.4) is 0 Å². The van der Waals surface area contributed by atoms with Crippen LogP contribution in [0.15, 0.2) is 12.1 Å². The minimum atomic E-state index is -0.391. The van der Waals surface area contributed by atoms with Crippen LogP contribution in [0, 0.1) is 0 Å². The number of carbonyl (C=O) groups is 1. The van der Waals surface area contributed by atoms with E-state index >= 15 is 0 Å². The molecule has 0 aliphatic rings. The molecule has 1 aromatic rings. The van der Waals surface area contributed by atoms with Gasteiger partial charge in [-0.05, 0) is 31.5 Å². The molecule has 0 spiro atoms. The molecule has 1 unspecified atom stereocenters. The zero-order valence-electron chi connectivity index (χ0n) is 10.1. The summed E-state index contributed by atoms with van der Waals surface area (Å²) in [6, 6.07) is 3.03. The molecule has 1 N–H and O–H groups in total. The molecule has 0 fully saturated rings. The Bertz CT molecular complexity index is 414. The first-order chi connectivity index (χ1) is 8.45. The predicted octanol–water partition coefficient (Wildman–Crippen LogP) is 3.69. The number of nitrogens with one attached hydrogen (secondary N) is 1. The van der Waals surface area contributed by atoms with Gasteiger partial charge in [-0.3, -0.25) is 4.79 Å². The molecule has 0 saturated heterocycles. The van der Waals surface area contributed by atoms with Crippen molar-refractivity contribution in [3.05, 3.63) is 32.8 Å². The van der Waals surface area contributed by atoms with Crippen LogP contribution in [0.2, 0.25) is 15.1 Å². The van der Waals surface area contributed by atoms with Crippen LogP contribution in [-0.4, -0.2) is 18.6 Å². The van der Waals surface area contributed by atoms with Crippen molar-refractivity contribution >= 4 is 40.8 Å². The average Bonchev–Trinajstić information content (AvgIpc) is 2.33. The van der Waals surface area contributed by atoms with Crippen LogP contribution in [0.1, 0.15) is 19.4 Å². The first-order valence-electron chi connectivity index (χ1n) is 5.49. The Labute approximate surface area is 121 Å². The molecule has 0 amide bonds. The normalized spacial score (nSPS) is 12.3. The van der Waals surface area contributed by atoms with Gasteiger partial charge in [0.1, 0.15) is 6.04 Å². The van der Waals surface area contributed by atoms with Crippen LogP contribution < -0.4 is 5.32 Å². The molecule has 0 aliphatic heterocycles. The molecular weight excluding hydrogens is 296 g/mol. The maximum Gasteiger partial charge on any atom is 0.322 e. The van der Waals surface area contributed by atoms with Gasteiger partial charge in [-0.25, -0.2) is 0 Å². The number of esters is 1. The first-order valence-corrected chi connectivity index (χ1v) is 6.62. The van der Waals surface area contributed by atoms with E-state index in [0.717, 1.165) is 5.56 Å². The van der Waals surface area contributed by atoms with Gasteiger partial charge in [0, 0.05) is 6.54 Å². The molecule has 1 rings (SSSR count). The monoisotopic (exact) mass is 309 g/mol. The van der Waals surface area contributed by atoms with Gasteiger partial charge in [-0.1, -0.05) is 34.8 Å². The van der Waals surface area contributed by atoms with E-state index in [1.165, 1.54) is 0 Å². The van der Waals surface area contributed by atoms with Gasteiger partial charge in [-0.15, -0.1) is 0 Å². The van der Waals surface area contributed by atoms with Gasteiger partial charge in [0.2, 0.25) is 0 Å². The fourth-order valence-corrected chi connectivity index (χ4v) is 1.97. The molecule has 1 aromatic carbocycles. The van der Waals surface area contributed by atoms with Crippen LogP contribution in [0.5, 0.6) is 0 Å². The van der Waals surface area contributed by atoms with Gasteiger partial charge in [-0.2, -0.15) is 0 Å². The molecule has 0 heterocycles. The second kappa shape index (κ2) is 7.19. The summed E-state index contributed by atoms with van der Waals surface area (Å²) in [6.07, 6.45) is 0. The number of rotatable bonds is 5. The fourth-order valence-electron chi connectivity index (χ4n) is 1.33. The summed E-state index contributed by atoms with van der Waals surface area (Å²) in [4.78, 5) is 11.4. The highest BCUT2D eigenvalue weighted by Gasteiger charge is 2.13. The van der Waals surface area contributed by atoms with Crippen LogP contribution >= 0.6 is 34.8 Å². The first kappa shape index (κ1) is 15.6. The zero-order valence-corrected chi connectivity index (χ0v) is 12.4. The van der Waals surface area contributed by atoms with Gasteiger partial charge in [0.15, 0.2) is 0 Å². The highest BCUT2D eigenvalue weighted by atomic mass is 35.5. The van der Waals surface area contributed by atoms with E-state index in [2.05, 4.69) is 5.32 Å². The van der Waals surface area contributed by atoms with Crippen molar-refractivity contribution in [1.29, 1.82) is 0 Å². The maximum atomic E-state index is 11.4. The Hall–Kier alpha value is -0.480.